The summed E-state index contributed by atoms with van der Waals surface area (Å²) < 4.78 is 5.34. The molecule has 6 nitrogen and oxygen atoms in total. The first-order chi connectivity index (χ1) is 11.5. The first kappa shape index (κ1) is 23.5. The van der Waals surface area contributed by atoms with Gasteiger partial charge in [-0.1, -0.05) is 12.1 Å². The fourth-order valence-electron chi connectivity index (χ4n) is 2.25. The largest absolute Gasteiger partial charge is 0.496 e. The summed E-state index contributed by atoms with van der Waals surface area (Å²) in [5, 5.41) is 9.26. The van der Waals surface area contributed by atoms with E-state index in [9.17, 15) is 4.79 Å². The first-order valence-corrected chi connectivity index (χ1v) is 8.33. The van der Waals surface area contributed by atoms with Gasteiger partial charge >= 0.3 is 0 Å². The van der Waals surface area contributed by atoms with Crippen LogP contribution in [0.1, 0.15) is 31.4 Å². The molecule has 0 radical (unpaired) electrons. The Hall–Kier alpha value is -1.51. The van der Waals surface area contributed by atoms with Crippen molar-refractivity contribution >= 4 is 35.8 Å². The van der Waals surface area contributed by atoms with Gasteiger partial charge in [0.25, 0.3) is 0 Å². The van der Waals surface area contributed by atoms with Crippen LogP contribution in [0, 0.1) is 6.92 Å². The molecule has 0 spiro atoms. The SMILES string of the molecule is CN=C(NCCC(=O)NC(C)C)NCCc1ccc(C)c(OC)c1.I. The van der Waals surface area contributed by atoms with Gasteiger partial charge in [-0.15, -0.1) is 24.0 Å². The Balaban J connectivity index is 0.00000576. The molecule has 0 aromatic heterocycles. The highest BCUT2D eigenvalue weighted by molar-refractivity contribution is 14.0. The molecule has 1 amide bonds. The Morgan fingerprint density at radius 1 is 1.24 bits per heavy atom. The van der Waals surface area contributed by atoms with Crippen LogP contribution >= 0.6 is 24.0 Å². The van der Waals surface area contributed by atoms with Crippen molar-refractivity contribution in [2.45, 2.75) is 39.7 Å². The third-order valence-corrected chi connectivity index (χ3v) is 3.50. The van der Waals surface area contributed by atoms with Crippen molar-refractivity contribution < 1.29 is 9.53 Å². The van der Waals surface area contributed by atoms with Crippen LogP contribution in [0.25, 0.3) is 0 Å². The number of carbonyl (C=O) groups is 1. The number of methoxy groups -OCH3 is 1. The summed E-state index contributed by atoms with van der Waals surface area (Å²) in [7, 11) is 3.41. The van der Waals surface area contributed by atoms with Gasteiger partial charge in [0.2, 0.25) is 5.91 Å². The summed E-state index contributed by atoms with van der Waals surface area (Å²) >= 11 is 0. The van der Waals surface area contributed by atoms with Crippen LogP contribution in [0.5, 0.6) is 5.75 Å². The summed E-state index contributed by atoms with van der Waals surface area (Å²) in [5.74, 6) is 1.65. The maximum atomic E-state index is 11.6. The smallest absolute Gasteiger partial charge is 0.221 e. The summed E-state index contributed by atoms with van der Waals surface area (Å²) in [4.78, 5) is 15.7. The zero-order valence-corrected chi connectivity index (χ0v) is 18.1. The molecule has 142 valence electrons. The molecule has 0 atom stereocenters. The highest BCUT2D eigenvalue weighted by atomic mass is 127. The van der Waals surface area contributed by atoms with E-state index in [4.69, 9.17) is 4.74 Å². The number of aliphatic imine (C=N–C) groups is 1. The number of aryl methyl sites for hydroxylation is 1. The predicted molar refractivity (Wildman–Crippen MR) is 114 cm³/mol. The number of nitrogens with zero attached hydrogens (tertiary/aromatic N) is 1. The second-order valence-corrected chi connectivity index (χ2v) is 5.95. The number of amides is 1. The first-order valence-electron chi connectivity index (χ1n) is 8.33. The Bertz CT molecular complexity index is 562. The van der Waals surface area contributed by atoms with Gasteiger partial charge in [0.1, 0.15) is 5.75 Å². The molecule has 0 fully saturated rings. The highest BCUT2D eigenvalue weighted by Crippen LogP contribution is 2.18. The maximum Gasteiger partial charge on any atom is 0.221 e. The van der Waals surface area contributed by atoms with Crippen LogP contribution < -0.4 is 20.7 Å². The van der Waals surface area contributed by atoms with Crippen molar-refractivity contribution in [1.29, 1.82) is 0 Å². The van der Waals surface area contributed by atoms with Gasteiger partial charge in [0.15, 0.2) is 5.96 Å². The van der Waals surface area contributed by atoms with Gasteiger partial charge in [0, 0.05) is 32.6 Å². The number of rotatable bonds is 8. The molecule has 0 aliphatic heterocycles. The molecule has 1 aromatic rings. The lowest BCUT2D eigenvalue weighted by Gasteiger charge is -2.13. The zero-order chi connectivity index (χ0) is 17.9. The molecule has 0 heterocycles. The molecule has 0 unspecified atom stereocenters. The minimum absolute atomic E-state index is 0. The maximum absolute atomic E-state index is 11.6. The van der Waals surface area contributed by atoms with Crippen LogP contribution in [0.15, 0.2) is 23.2 Å². The standard InChI is InChI=1S/C18H30N4O2.HI/c1-13(2)22-17(23)9-11-21-18(19-4)20-10-8-15-7-6-14(3)16(12-15)24-5;/h6-7,12-13H,8-11H2,1-5H3,(H,22,23)(H2,19,20,21);1H. The molecule has 0 saturated carbocycles. The lowest BCUT2D eigenvalue weighted by atomic mass is 10.1. The molecular weight excluding hydrogens is 431 g/mol. The third kappa shape index (κ3) is 9.52. The van der Waals surface area contributed by atoms with Gasteiger partial charge in [0.05, 0.1) is 7.11 Å². The highest BCUT2D eigenvalue weighted by Gasteiger charge is 2.04. The number of hydrogen-bond acceptors (Lipinski definition) is 3. The van der Waals surface area contributed by atoms with Crippen molar-refractivity contribution in [2.24, 2.45) is 4.99 Å². The van der Waals surface area contributed by atoms with Gasteiger partial charge in [-0.25, -0.2) is 0 Å². The molecule has 1 aromatic carbocycles. The molecule has 7 heteroatoms. The Morgan fingerprint density at radius 3 is 2.52 bits per heavy atom. The minimum atomic E-state index is 0. The topological polar surface area (TPSA) is 74.8 Å². The second kappa shape index (κ2) is 12.8. The number of benzene rings is 1. The van der Waals surface area contributed by atoms with Gasteiger partial charge in [-0.3, -0.25) is 9.79 Å². The van der Waals surface area contributed by atoms with E-state index in [0.717, 1.165) is 24.3 Å². The third-order valence-electron chi connectivity index (χ3n) is 3.50. The second-order valence-electron chi connectivity index (χ2n) is 5.95. The Labute approximate surface area is 168 Å². The van der Waals surface area contributed by atoms with Gasteiger partial charge in [-0.05, 0) is 44.4 Å². The van der Waals surface area contributed by atoms with Crippen molar-refractivity contribution in [3.63, 3.8) is 0 Å². The zero-order valence-electron chi connectivity index (χ0n) is 15.8. The molecule has 0 aliphatic carbocycles. The van der Waals surface area contributed by atoms with E-state index < -0.39 is 0 Å². The van der Waals surface area contributed by atoms with E-state index in [0.29, 0.717) is 18.9 Å². The van der Waals surface area contributed by atoms with Crippen molar-refractivity contribution in [1.82, 2.24) is 16.0 Å². The quantitative estimate of drug-likeness (QED) is 0.315. The number of halogens is 1. The van der Waals surface area contributed by atoms with E-state index in [2.05, 4.69) is 39.1 Å². The van der Waals surface area contributed by atoms with Crippen LogP contribution in [-0.2, 0) is 11.2 Å². The number of carbonyl (C=O) groups excluding carboxylic acids is 1. The minimum Gasteiger partial charge on any atom is -0.496 e. The fraction of sp³-hybridized carbons (Fsp3) is 0.556. The Kier molecular flexibility index (Phi) is 12.0. The van der Waals surface area contributed by atoms with E-state index >= 15 is 0 Å². The van der Waals surface area contributed by atoms with Crippen LogP contribution in [0.2, 0.25) is 0 Å². The average molecular weight is 462 g/mol. The fourth-order valence-corrected chi connectivity index (χ4v) is 2.25. The lowest BCUT2D eigenvalue weighted by molar-refractivity contribution is -0.121. The molecular formula is C18H31IN4O2. The number of guanidine groups is 1. The molecule has 0 aliphatic rings. The van der Waals surface area contributed by atoms with E-state index in [1.807, 2.05) is 20.8 Å². The van der Waals surface area contributed by atoms with Crippen LogP contribution in [-0.4, -0.2) is 45.2 Å². The number of nitrogens with one attached hydrogen (secondary N) is 3. The van der Waals surface area contributed by atoms with E-state index in [1.54, 1.807) is 14.2 Å². The van der Waals surface area contributed by atoms with Gasteiger partial charge < -0.3 is 20.7 Å². The van der Waals surface area contributed by atoms with E-state index in [1.165, 1.54) is 5.56 Å². The summed E-state index contributed by atoms with van der Waals surface area (Å²) in [6.07, 6.45) is 1.29. The molecule has 3 N–H and O–H groups in total. The summed E-state index contributed by atoms with van der Waals surface area (Å²) in [5.41, 5.74) is 2.34. The summed E-state index contributed by atoms with van der Waals surface area (Å²) in [6.45, 7) is 7.24. The average Bonchev–Trinajstić information content (AvgIpc) is 2.54. The normalized spacial score (nSPS) is 10.9. The van der Waals surface area contributed by atoms with Crippen molar-refractivity contribution in [2.75, 3.05) is 27.2 Å². The van der Waals surface area contributed by atoms with Crippen LogP contribution in [0.4, 0.5) is 0 Å². The molecule has 25 heavy (non-hydrogen) atoms. The predicted octanol–water partition coefficient (Wildman–Crippen LogP) is 2.24. The number of ether oxygens (including phenoxy) is 1. The summed E-state index contributed by atoms with van der Waals surface area (Å²) in [6, 6.07) is 6.39. The molecule has 0 saturated heterocycles. The van der Waals surface area contributed by atoms with Crippen molar-refractivity contribution in [3.8, 4) is 5.75 Å². The number of hydrogen-bond donors (Lipinski definition) is 3. The molecule has 1 rings (SSSR count). The Morgan fingerprint density at radius 2 is 1.92 bits per heavy atom. The van der Waals surface area contributed by atoms with E-state index in [-0.39, 0.29) is 35.9 Å². The molecule has 0 bridgehead atoms. The van der Waals surface area contributed by atoms with Crippen LogP contribution in [0.3, 0.4) is 0 Å². The monoisotopic (exact) mass is 462 g/mol. The lowest BCUT2D eigenvalue weighted by Crippen LogP contribution is -2.40. The van der Waals surface area contributed by atoms with Gasteiger partial charge in [-0.2, -0.15) is 0 Å². The van der Waals surface area contributed by atoms with Crippen molar-refractivity contribution in [3.05, 3.63) is 29.3 Å².